The summed E-state index contributed by atoms with van der Waals surface area (Å²) in [5.41, 5.74) is 3.01. The van der Waals surface area contributed by atoms with Crippen molar-refractivity contribution in [2.24, 2.45) is 5.92 Å². The van der Waals surface area contributed by atoms with Gasteiger partial charge in [-0.05, 0) is 44.0 Å². The zero-order chi connectivity index (χ0) is 25.4. The lowest BCUT2D eigenvalue weighted by molar-refractivity contribution is -0.129. The number of nitrogens with zero attached hydrogens (tertiary/aromatic N) is 3. The fourth-order valence-corrected chi connectivity index (χ4v) is 4.29. The highest BCUT2D eigenvalue weighted by molar-refractivity contribution is 6.30. The van der Waals surface area contributed by atoms with E-state index in [1.165, 1.54) is 0 Å². The van der Waals surface area contributed by atoms with E-state index in [2.05, 4.69) is 12.0 Å². The molecule has 6 nitrogen and oxygen atoms in total. The number of fused-ring (bicyclic) bond motifs is 1. The smallest absolute Gasteiger partial charge is 0.223 e. The summed E-state index contributed by atoms with van der Waals surface area (Å²) >= 11 is 6.24. The molecular weight excluding hydrogens is 450 g/mol. The Bertz CT molecular complexity index is 1060. The molecule has 1 aliphatic rings. The molecule has 1 aliphatic heterocycles. The van der Waals surface area contributed by atoms with Gasteiger partial charge >= 0.3 is 0 Å². The van der Waals surface area contributed by atoms with E-state index in [0.29, 0.717) is 23.7 Å². The third-order valence-electron chi connectivity index (χ3n) is 5.96. The number of carbonyl (C=O) groups excluding carboxylic acids is 1. The first kappa shape index (κ1) is 27.5. The topological polar surface area (TPSA) is 56.1 Å². The van der Waals surface area contributed by atoms with Gasteiger partial charge in [0.1, 0.15) is 23.1 Å². The fraction of sp³-hybridized carbons (Fsp3) is 0.481. The number of hydrogen-bond donors (Lipinski definition) is 0. The van der Waals surface area contributed by atoms with Gasteiger partial charge in [0.25, 0.3) is 0 Å². The molecule has 3 unspecified atom stereocenters. The van der Waals surface area contributed by atoms with E-state index < -0.39 is 0 Å². The Morgan fingerprint density at radius 2 is 1.76 bits per heavy atom. The standard InChI is InChI=1S/C23H26ClN3O3.2C2H6/c1-14-11-25-27-13-19(24)10-21(23(14)27)30-16(3)18-9-22(28)26(12-18)15(2)17-5-7-20(29-4)8-6-17;2*1-2/h5-8,10-11,13,15-16,18H,9,12H2,1-4H3;2*1-2H3. The van der Waals surface area contributed by atoms with E-state index in [1.54, 1.807) is 24.0 Å². The second kappa shape index (κ2) is 12.7. The number of hydrogen-bond acceptors (Lipinski definition) is 4. The lowest BCUT2D eigenvalue weighted by Gasteiger charge is -2.27. The summed E-state index contributed by atoms with van der Waals surface area (Å²) in [4.78, 5) is 14.7. The van der Waals surface area contributed by atoms with Crippen LogP contribution in [0.25, 0.3) is 5.52 Å². The summed E-state index contributed by atoms with van der Waals surface area (Å²) in [6, 6.07) is 9.68. The molecule has 3 aromatic rings. The Balaban J connectivity index is 0.000000970. The molecule has 1 fully saturated rings. The Morgan fingerprint density at radius 3 is 2.38 bits per heavy atom. The Labute approximate surface area is 208 Å². The van der Waals surface area contributed by atoms with E-state index in [4.69, 9.17) is 21.1 Å². The summed E-state index contributed by atoms with van der Waals surface area (Å²) in [5, 5.41) is 4.88. The molecule has 0 radical (unpaired) electrons. The number of pyridine rings is 1. The van der Waals surface area contributed by atoms with Crippen molar-refractivity contribution in [2.45, 2.75) is 67.0 Å². The zero-order valence-electron chi connectivity index (χ0n) is 21.6. The van der Waals surface area contributed by atoms with Crippen LogP contribution in [0.5, 0.6) is 11.5 Å². The number of rotatable bonds is 6. The van der Waals surface area contributed by atoms with Crippen LogP contribution in [0, 0.1) is 12.8 Å². The van der Waals surface area contributed by atoms with Gasteiger partial charge in [-0.2, -0.15) is 5.10 Å². The summed E-state index contributed by atoms with van der Waals surface area (Å²) < 4.78 is 13.3. The molecule has 2 aromatic heterocycles. The minimum absolute atomic E-state index is 0.00411. The summed E-state index contributed by atoms with van der Waals surface area (Å²) in [5.74, 6) is 1.75. The Morgan fingerprint density at radius 1 is 1.12 bits per heavy atom. The van der Waals surface area contributed by atoms with Crippen LogP contribution in [0.2, 0.25) is 5.02 Å². The first-order valence-electron chi connectivity index (χ1n) is 12.1. The van der Waals surface area contributed by atoms with Gasteiger partial charge in [-0.25, -0.2) is 4.52 Å². The first-order valence-corrected chi connectivity index (χ1v) is 12.5. The van der Waals surface area contributed by atoms with Crippen molar-refractivity contribution in [3.63, 3.8) is 0 Å². The summed E-state index contributed by atoms with van der Waals surface area (Å²) in [6.45, 7) is 14.7. The van der Waals surface area contributed by atoms with Crippen LogP contribution >= 0.6 is 11.6 Å². The van der Waals surface area contributed by atoms with Gasteiger partial charge in [-0.15, -0.1) is 0 Å². The lowest BCUT2D eigenvalue weighted by Crippen LogP contribution is -2.31. The molecule has 0 N–H and O–H groups in total. The largest absolute Gasteiger partial charge is 0.497 e. The second-order valence-corrected chi connectivity index (χ2v) is 8.36. The predicted molar refractivity (Wildman–Crippen MR) is 139 cm³/mol. The summed E-state index contributed by atoms with van der Waals surface area (Å²) in [7, 11) is 1.65. The summed E-state index contributed by atoms with van der Waals surface area (Å²) in [6.07, 6.45) is 3.88. The second-order valence-electron chi connectivity index (χ2n) is 7.93. The Kier molecular flexibility index (Phi) is 10.2. The van der Waals surface area contributed by atoms with Crippen LogP contribution < -0.4 is 9.47 Å². The molecule has 186 valence electrons. The van der Waals surface area contributed by atoms with Crippen molar-refractivity contribution >= 4 is 23.0 Å². The maximum absolute atomic E-state index is 12.8. The van der Waals surface area contributed by atoms with Crippen molar-refractivity contribution in [1.29, 1.82) is 0 Å². The number of aromatic nitrogens is 2. The van der Waals surface area contributed by atoms with Crippen molar-refractivity contribution in [3.05, 3.63) is 58.9 Å². The molecule has 1 aromatic carbocycles. The average Bonchev–Trinajstić information content (AvgIpc) is 3.43. The van der Waals surface area contributed by atoms with Crippen LogP contribution in [-0.2, 0) is 4.79 Å². The minimum atomic E-state index is -0.140. The Hall–Kier alpha value is -2.73. The van der Waals surface area contributed by atoms with Crippen LogP contribution in [0.4, 0.5) is 0 Å². The molecule has 34 heavy (non-hydrogen) atoms. The van der Waals surface area contributed by atoms with Gasteiger partial charge < -0.3 is 14.4 Å². The third kappa shape index (κ3) is 6.03. The van der Waals surface area contributed by atoms with Gasteiger partial charge in [0.2, 0.25) is 5.91 Å². The molecule has 0 bridgehead atoms. The van der Waals surface area contributed by atoms with Crippen LogP contribution in [0.3, 0.4) is 0 Å². The molecule has 1 saturated heterocycles. The maximum Gasteiger partial charge on any atom is 0.223 e. The number of benzene rings is 1. The molecule has 4 rings (SSSR count). The van der Waals surface area contributed by atoms with E-state index >= 15 is 0 Å². The van der Waals surface area contributed by atoms with Crippen molar-refractivity contribution in [3.8, 4) is 11.5 Å². The van der Waals surface area contributed by atoms with Gasteiger partial charge in [-0.3, -0.25) is 4.79 Å². The maximum atomic E-state index is 12.8. The average molecular weight is 488 g/mol. The third-order valence-corrected chi connectivity index (χ3v) is 6.16. The van der Waals surface area contributed by atoms with E-state index in [-0.39, 0.29) is 24.0 Å². The number of methoxy groups -OCH3 is 1. The highest BCUT2D eigenvalue weighted by Crippen LogP contribution is 2.34. The molecule has 3 atom stereocenters. The fourth-order valence-electron chi connectivity index (χ4n) is 4.10. The number of amides is 1. The van der Waals surface area contributed by atoms with Gasteiger partial charge in [0.05, 0.1) is 24.4 Å². The number of likely N-dealkylation sites (tertiary alicyclic amines) is 1. The van der Waals surface area contributed by atoms with E-state index in [9.17, 15) is 4.79 Å². The van der Waals surface area contributed by atoms with Crippen LogP contribution in [0.15, 0.2) is 42.7 Å². The molecule has 0 aliphatic carbocycles. The predicted octanol–water partition coefficient (Wildman–Crippen LogP) is 6.73. The number of halogens is 1. The first-order chi connectivity index (χ1) is 16.4. The normalized spacial score (nSPS) is 16.8. The van der Waals surface area contributed by atoms with Crippen molar-refractivity contribution < 1.29 is 14.3 Å². The minimum Gasteiger partial charge on any atom is -0.497 e. The van der Waals surface area contributed by atoms with Gasteiger partial charge in [0, 0.05) is 31.1 Å². The lowest BCUT2D eigenvalue weighted by atomic mass is 10.0. The highest BCUT2D eigenvalue weighted by Gasteiger charge is 2.37. The quantitative estimate of drug-likeness (QED) is 0.386. The van der Waals surface area contributed by atoms with Crippen molar-refractivity contribution in [2.75, 3.05) is 13.7 Å². The van der Waals surface area contributed by atoms with E-state index in [1.807, 2.05) is 76.8 Å². The number of carbonyl (C=O) groups is 1. The molecular formula is C27H38ClN3O3. The van der Waals surface area contributed by atoms with Crippen LogP contribution in [0.1, 0.15) is 65.1 Å². The van der Waals surface area contributed by atoms with Gasteiger partial charge in [-0.1, -0.05) is 51.4 Å². The van der Waals surface area contributed by atoms with E-state index in [0.717, 1.165) is 22.4 Å². The zero-order valence-corrected chi connectivity index (χ0v) is 22.4. The van der Waals surface area contributed by atoms with Crippen LogP contribution in [-0.4, -0.2) is 40.2 Å². The number of ether oxygens (including phenoxy) is 2. The molecule has 0 saturated carbocycles. The molecule has 1 amide bonds. The van der Waals surface area contributed by atoms with Crippen molar-refractivity contribution in [1.82, 2.24) is 14.5 Å². The molecule has 7 heteroatoms. The van der Waals surface area contributed by atoms with Gasteiger partial charge in [0.15, 0.2) is 0 Å². The SMILES string of the molecule is CC.CC.COc1ccc(C(C)N2CC(C(C)Oc3cc(Cl)cn4ncc(C)c34)CC2=O)cc1. The highest BCUT2D eigenvalue weighted by atomic mass is 35.5. The monoisotopic (exact) mass is 487 g/mol. The molecule has 3 heterocycles. The number of aryl methyl sites for hydroxylation is 1. The molecule has 0 spiro atoms.